The Hall–Kier alpha value is -2.29. The fourth-order valence-electron chi connectivity index (χ4n) is 2.26. The second kappa shape index (κ2) is 5.12. The van der Waals surface area contributed by atoms with Gasteiger partial charge in [0.1, 0.15) is 17.3 Å². The number of carbonyl (C=O) groups is 1. The van der Waals surface area contributed by atoms with Crippen molar-refractivity contribution in [3.63, 3.8) is 0 Å². The molecule has 0 aliphatic carbocycles. The van der Waals surface area contributed by atoms with Gasteiger partial charge in [0.15, 0.2) is 12.3 Å². The number of hydrogen-bond acceptors (Lipinski definition) is 3. The van der Waals surface area contributed by atoms with Crippen LogP contribution in [0.25, 0.3) is 11.3 Å². The van der Waals surface area contributed by atoms with Crippen LogP contribution in [0.15, 0.2) is 12.1 Å². The molecule has 0 atom stereocenters. The number of fused-ring (bicyclic) bond motifs is 1. The molecule has 5 nitrogen and oxygen atoms in total. The molecule has 2 aromatic rings. The molecule has 0 fully saturated rings. The number of anilines is 1. The van der Waals surface area contributed by atoms with Crippen LogP contribution in [0.2, 0.25) is 5.02 Å². The van der Waals surface area contributed by atoms with Crippen molar-refractivity contribution in [1.82, 2.24) is 9.78 Å². The minimum atomic E-state index is -4.74. The average Bonchev–Trinajstić information content (AvgIpc) is 2.73. The predicted octanol–water partition coefficient (Wildman–Crippen LogP) is 3.23. The van der Waals surface area contributed by atoms with Gasteiger partial charge in [-0.1, -0.05) is 11.6 Å². The highest BCUT2D eigenvalue weighted by Gasteiger charge is 2.39. The van der Waals surface area contributed by atoms with Gasteiger partial charge in [0, 0.05) is 18.7 Å². The Morgan fingerprint density at radius 3 is 2.70 bits per heavy atom. The fourth-order valence-corrected chi connectivity index (χ4v) is 2.63. The predicted molar refractivity (Wildman–Crippen MR) is 72.7 cm³/mol. The van der Waals surface area contributed by atoms with Gasteiger partial charge in [0.25, 0.3) is 5.91 Å². The van der Waals surface area contributed by atoms with E-state index in [-0.39, 0.29) is 29.3 Å². The summed E-state index contributed by atoms with van der Waals surface area (Å²) in [5, 5.41) is 5.36. The van der Waals surface area contributed by atoms with E-state index >= 15 is 0 Å². The molecule has 0 spiro atoms. The zero-order valence-electron chi connectivity index (χ0n) is 11.5. The molecular formula is C13H8ClF4N3O2. The largest absolute Gasteiger partial charge is 0.481 e. The molecule has 0 saturated heterocycles. The van der Waals surface area contributed by atoms with Crippen molar-refractivity contribution in [1.29, 1.82) is 0 Å². The molecule has 1 amide bonds. The molecule has 0 saturated carbocycles. The maximum absolute atomic E-state index is 14.2. The number of aryl methyl sites for hydroxylation is 1. The second-order valence-corrected chi connectivity index (χ2v) is 5.18. The first-order valence-electron chi connectivity index (χ1n) is 6.24. The number of rotatable bonds is 1. The molecule has 122 valence electrons. The van der Waals surface area contributed by atoms with Gasteiger partial charge in [-0.3, -0.25) is 9.48 Å². The van der Waals surface area contributed by atoms with Crippen molar-refractivity contribution in [2.45, 2.75) is 6.18 Å². The third-order valence-electron chi connectivity index (χ3n) is 3.22. The van der Waals surface area contributed by atoms with Crippen LogP contribution in [0.5, 0.6) is 5.75 Å². The number of hydrogen-bond donors (Lipinski definition) is 1. The lowest BCUT2D eigenvalue weighted by atomic mass is 10.1. The molecule has 1 aliphatic rings. The van der Waals surface area contributed by atoms with Gasteiger partial charge in [0.05, 0.1) is 10.7 Å². The highest BCUT2D eigenvalue weighted by Crippen LogP contribution is 2.42. The first kappa shape index (κ1) is 15.6. The first-order valence-corrected chi connectivity index (χ1v) is 6.62. The van der Waals surface area contributed by atoms with Gasteiger partial charge in [-0.2, -0.15) is 18.3 Å². The Kier molecular flexibility index (Phi) is 3.47. The highest BCUT2D eigenvalue weighted by molar-refractivity contribution is 6.33. The van der Waals surface area contributed by atoms with E-state index in [2.05, 4.69) is 10.4 Å². The average molecular weight is 350 g/mol. The third kappa shape index (κ3) is 2.61. The Balaban J connectivity index is 2.17. The van der Waals surface area contributed by atoms with Gasteiger partial charge >= 0.3 is 6.18 Å². The monoisotopic (exact) mass is 349 g/mol. The standard InChI is InChI=1S/C13H8ClF4N3O2/c1-21-12(13(16,17)18)10(14)11(20-21)5-2-7-8(3-6(5)15)23-4-9(22)19-7/h2-3H,4H2,1H3,(H,19,22). The summed E-state index contributed by atoms with van der Waals surface area (Å²) in [6, 6.07) is 2.10. The van der Waals surface area contributed by atoms with Gasteiger partial charge in [0.2, 0.25) is 0 Å². The fraction of sp³-hybridized carbons (Fsp3) is 0.231. The molecule has 0 radical (unpaired) electrons. The van der Waals surface area contributed by atoms with Crippen molar-refractivity contribution in [2.24, 2.45) is 7.05 Å². The van der Waals surface area contributed by atoms with E-state index in [1.165, 1.54) is 0 Å². The van der Waals surface area contributed by atoms with Crippen molar-refractivity contribution in [3.8, 4) is 17.0 Å². The smallest absolute Gasteiger partial charge is 0.434 e. The SMILES string of the molecule is Cn1nc(-c2cc3c(cc2F)OCC(=O)N3)c(Cl)c1C(F)(F)F. The van der Waals surface area contributed by atoms with Gasteiger partial charge in [-0.05, 0) is 6.07 Å². The summed E-state index contributed by atoms with van der Waals surface area (Å²) >= 11 is 5.74. The number of halogens is 5. The second-order valence-electron chi connectivity index (χ2n) is 4.80. The van der Waals surface area contributed by atoms with E-state index in [9.17, 15) is 22.4 Å². The van der Waals surface area contributed by atoms with Crippen LogP contribution in [0.4, 0.5) is 23.2 Å². The molecule has 0 bridgehead atoms. The van der Waals surface area contributed by atoms with E-state index in [0.717, 1.165) is 19.2 Å². The van der Waals surface area contributed by atoms with Crippen LogP contribution < -0.4 is 10.1 Å². The van der Waals surface area contributed by atoms with Gasteiger partial charge in [-0.25, -0.2) is 4.39 Å². The van der Waals surface area contributed by atoms with Crippen LogP contribution in [-0.2, 0) is 18.0 Å². The number of aromatic nitrogens is 2. The summed E-state index contributed by atoms with van der Waals surface area (Å²) < 4.78 is 58.6. The van der Waals surface area contributed by atoms with Crippen LogP contribution in [0.3, 0.4) is 0 Å². The molecule has 1 aromatic heterocycles. The summed E-state index contributed by atoms with van der Waals surface area (Å²) in [5.74, 6) is -1.25. The number of nitrogens with zero attached hydrogens (tertiary/aromatic N) is 2. The molecule has 2 heterocycles. The Labute approximate surface area is 131 Å². The van der Waals surface area contributed by atoms with Crippen molar-refractivity contribution in [3.05, 3.63) is 28.7 Å². The van der Waals surface area contributed by atoms with Crippen LogP contribution in [0.1, 0.15) is 5.69 Å². The number of alkyl halides is 3. The Morgan fingerprint density at radius 1 is 1.39 bits per heavy atom. The maximum atomic E-state index is 14.2. The van der Waals surface area contributed by atoms with Crippen molar-refractivity contribution >= 4 is 23.2 Å². The Bertz CT molecular complexity index is 817. The molecule has 23 heavy (non-hydrogen) atoms. The van der Waals surface area contributed by atoms with E-state index in [0.29, 0.717) is 4.68 Å². The normalized spacial score (nSPS) is 14.3. The first-order chi connectivity index (χ1) is 10.7. The van der Waals surface area contributed by atoms with Gasteiger partial charge in [-0.15, -0.1) is 0 Å². The number of amides is 1. The van der Waals surface area contributed by atoms with E-state index in [1.54, 1.807) is 0 Å². The number of ether oxygens (including phenoxy) is 1. The van der Waals surface area contributed by atoms with Crippen LogP contribution >= 0.6 is 11.6 Å². The van der Waals surface area contributed by atoms with E-state index in [4.69, 9.17) is 16.3 Å². The van der Waals surface area contributed by atoms with E-state index in [1.807, 2.05) is 0 Å². The minimum absolute atomic E-state index is 0.0777. The maximum Gasteiger partial charge on any atom is 0.434 e. The summed E-state index contributed by atoms with van der Waals surface area (Å²) in [4.78, 5) is 11.3. The quantitative estimate of drug-likeness (QED) is 0.804. The zero-order valence-corrected chi connectivity index (χ0v) is 12.2. The van der Waals surface area contributed by atoms with Crippen LogP contribution in [0, 0.1) is 5.82 Å². The van der Waals surface area contributed by atoms with E-state index < -0.39 is 28.6 Å². The lowest BCUT2D eigenvalue weighted by molar-refractivity contribution is -0.143. The van der Waals surface area contributed by atoms with Crippen LogP contribution in [-0.4, -0.2) is 22.3 Å². The summed E-state index contributed by atoms with van der Waals surface area (Å²) in [6.07, 6.45) is -4.74. The summed E-state index contributed by atoms with van der Waals surface area (Å²) in [5.41, 5.74) is -1.70. The third-order valence-corrected chi connectivity index (χ3v) is 3.57. The number of nitrogens with one attached hydrogen (secondary N) is 1. The minimum Gasteiger partial charge on any atom is -0.481 e. The summed E-state index contributed by atoms with van der Waals surface area (Å²) in [6.45, 7) is -0.269. The van der Waals surface area contributed by atoms with Crippen molar-refractivity contribution in [2.75, 3.05) is 11.9 Å². The molecule has 10 heteroatoms. The highest BCUT2D eigenvalue weighted by atomic mass is 35.5. The lowest BCUT2D eigenvalue weighted by Crippen LogP contribution is -2.25. The zero-order chi connectivity index (χ0) is 16.9. The number of benzene rings is 1. The van der Waals surface area contributed by atoms with Crippen molar-refractivity contribution < 1.29 is 27.1 Å². The molecule has 1 N–H and O–H groups in total. The Morgan fingerprint density at radius 2 is 2.09 bits per heavy atom. The molecule has 1 aromatic carbocycles. The molecule has 1 aliphatic heterocycles. The number of carbonyl (C=O) groups excluding carboxylic acids is 1. The molecule has 0 unspecified atom stereocenters. The topological polar surface area (TPSA) is 56.2 Å². The van der Waals surface area contributed by atoms with Gasteiger partial charge < -0.3 is 10.1 Å². The molecular weight excluding hydrogens is 342 g/mol. The summed E-state index contributed by atoms with van der Waals surface area (Å²) in [7, 11) is 1.05. The molecule has 3 rings (SSSR count). The lowest BCUT2D eigenvalue weighted by Gasteiger charge is -2.18.